The highest BCUT2D eigenvalue weighted by atomic mass is 16.5. The second-order valence-corrected chi connectivity index (χ2v) is 7.44. The molecule has 12 heteroatoms. The molecular weight excluding hydrogens is 442 g/mol. The normalized spacial score (nSPS) is 12.5. The molecule has 2 amide bonds. The summed E-state index contributed by atoms with van der Waals surface area (Å²) < 4.78 is 5.57. The van der Waals surface area contributed by atoms with Crippen LogP contribution in [0.3, 0.4) is 0 Å². The fraction of sp³-hybridized carbons (Fsp3) is 0.227. The molecule has 0 aromatic carbocycles. The maximum absolute atomic E-state index is 12.4. The third-order valence-electron chi connectivity index (χ3n) is 5.09. The molecule has 0 spiro atoms. The Balaban J connectivity index is 1.70. The summed E-state index contributed by atoms with van der Waals surface area (Å²) in [6.45, 7) is 0. The van der Waals surface area contributed by atoms with Gasteiger partial charge < -0.3 is 25.8 Å². The van der Waals surface area contributed by atoms with Gasteiger partial charge in [0.05, 0.1) is 12.8 Å². The molecule has 0 radical (unpaired) electrons. The van der Waals surface area contributed by atoms with Crippen molar-refractivity contribution in [1.82, 2.24) is 25.5 Å². The van der Waals surface area contributed by atoms with Crippen LogP contribution in [0.1, 0.15) is 33.8 Å². The number of carbonyl (C=O) groups is 3. The summed E-state index contributed by atoms with van der Waals surface area (Å²) in [5, 5.41) is 25.2. The van der Waals surface area contributed by atoms with Gasteiger partial charge in [-0.1, -0.05) is 6.07 Å². The number of amides is 2. The van der Waals surface area contributed by atoms with Crippen molar-refractivity contribution >= 4 is 35.1 Å². The van der Waals surface area contributed by atoms with Gasteiger partial charge in [-0.2, -0.15) is 0 Å². The van der Waals surface area contributed by atoms with Crippen molar-refractivity contribution in [2.24, 2.45) is 5.92 Å². The van der Waals surface area contributed by atoms with Gasteiger partial charge in [-0.05, 0) is 25.0 Å². The van der Waals surface area contributed by atoms with E-state index in [1.165, 1.54) is 38.7 Å². The highest BCUT2D eigenvalue weighted by Crippen LogP contribution is 2.37. The van der Waals surface area contributed by atoms with Gasteiger partial charge in [0, 0.05) is 42.6 Å². The number of aromatic carboxylic acids is 1. The maximum Gasteiger partial charge on any atom is 0.354 e. The van der Waals surface area contributed by atoms with Crippen molar-refractivity contribution in [2.45, 2.75) is 12.8 Å². The van der Waals surface area contributed by atoms with Crippen LogP contribution < -0.4 is 20.7 Å². The zero-order valence-corrected chi connectivity index (χ0v) is 18.3. The number of anilines is 3. The van der Waals surface area contributed by atoms with E-state index in [0.717, 1.165) is 12.8 Å². The summed E-state index contributed by atoms with van der Waals surface area (Å²) >= 11 is 0. The molecule has 3 aromatic rings. The standard InChI is InChI=1S/C22H21N7O5/c1-23-21(31)17-15(9-16(28-29-17)27-20(30)11-3-4-11)26-19-18(34-2)13(7-8-24-19)12-5-6-14(22(32)33)25-10-12/h5-11H,3-4H2,1-2H3,(H,23,31)(H,32,33)(H2,24,26,27,28,30). The molecule has 3 aromatic heterocycles. The lowest BCUT2D eigenvalue weighted by molar-refractivity contribution is -0.117. The minimum absolute atomic E-state index is 0.00588. The zero-order valence-electron chi connectivity index (χ0n) is 18.3. The number of aromatic nitrogens is 4. The number of rotatable bonds is 8. The van der Waals surface area contributed by atoms with Gasteiger partial charge in [-0.3, -0.25) is 9.59 Å². The number of ether oxygens (including phenoxy) is 1. The third-order valence-corrected chi connectivity index (χ3v) is 5.09. The number of carboxylic acid groups (broad SMARTS) is 1. The molecule has 3 heterocycles. The number of nitrogens with zero attached hydrogens (tertiary/aromatic N) is 4. The van der Waals surface area contributed by atoms with Gasteiger partial charge >= 0.3 is 5.97 Å². The monoisotopic (exact) mass is 463 g/mol. The van der Waals surface area contributed by atoms with Crippen LogP contribution in [-0.2, 0) is 4.79 Å². The van der Waals surface area contributed by atoms with Gasteiger partial charge in [-0.25, -0.2) is 14.8 Å². The highest BCUT2D eigenvalue weighted by Gasteiger charge is 2.30. The van der Waals surface area contributed by atoms with Crippen LogP contribution in [0.2, 0.25) is 0 Å². The molecule has 0 unspecified atom stereocenters. The van der Waals surface area contributed by atoms with Gasteiger partial charge in [0.15, 0.2) is 23.1 Å². The Morgan fingerprint density at radius 1 is 1.12 bits per heavy atom. The van der Waals surface area contributed by atoms with E-state index in [9.17, 15) is 14.4 Å². The Morgan fingerprint density at radius 3 is 2.53 bits per heavy atom. The number of carboxylic acids is 1. The summed E-state index contributed by atoms with van der Waals surface area (Å²) in [5.74, 6) is -1.02. The summed E-state index contributed by atoms with van der Waals surface area (Å²) in [6, 6.07) is 6.17. The van der Waals surface area contributed by atoms with Gasteiger partial charge in [0.25, 0.3) is 5.91 Å². The maximum atomic E-state index is 12.4. The second kappa shape index (κ2) is 9.48. The molecule has 4 rings (SSSR count). The Hall–Kier alpha value is -4.61. The molecule has 0 atom stereocenters. The van der Waals surface area contributed by atoms with Crippen molar-refractivity contribution in [2.75, 3.05) is 24.8 Å². The van der Waals surface area contributed by atoms with Crippen molar-refractivity contribution in [3.8, 4) is 16.9 Å². The number of hydrogen-bond donors (Lipinski definition) is 4. The van der Waals surface area contributed by atoms with E-state index in [1.807, 2.05) is 0 Å². The lowest BCUT2D eigenvalue weighted by Gasteiger charge is -2.16. The fourth-order valence-corrected chi connectivity index (χ4v) is 3.19. The number of nitrogens with one attached hydrogen (secondary N) is 3. The van der Waals surface area contributed by atoms with Gasteiger partial charge in [0.1, 0.15) is 5.69 Å². The van der Waals surface area contributed by atoms with Gasteiger partial charge in [0.2, 0.25) is 5.91 Å². The van der Waals surface area contributed by atoms with Crippen LogP contribution in [0.5, 0.6) is 5.75 Å². The van der Waals surface area contributed by atoms with Crippen molar-refractivity contribution in [3.63, 3.8) is 0 Å². The number of methoxy groups -OCH3 is 1. The van der Waals surface area contributed by atoms with Crippen LogP contribution in [0.4, 0.5) is 17.3 Å². The Labute approximate surface area is 193 Å². The SMILES string of the molecule is CNC(=O)c1nnc(NC(=O)C2CC2)cc1Nc1nccc(-c2ccc(C(=O)O)nc2)c1OC. The molecule has 34 heavy (non-hydrogen) atoms. The first-order valence-electron chi connectivity index (χ1n) is 10.3. The molecule has 174 valence electrons. The molecule has 12 nitrogen and oxygen atoms in total. The lowest BCUT2D eigenvalue weighted by Crippen LogP contribution is -2.22. The molecule has 1 fully saturated rings. The molecule has 1 aliphatic rings. The highest BCUT2D eigenvalue weighted by molar-refractivity contribution is 6.00. The van der Waals surface area contributed by atoms with E-state index in [-0.39, 0.29) is 40.5 Å². The van der Waals surface area contributed by atoms with E-state index in [0.29, 0.717) is 16.9 Å². The first-order valence-corrected chi connectivity index (χ1v) is 10.3. The van der Waals surface area contributed by atoms with Crippen LogP contribution >= 0.6 is 0 Å². The Morgan fingerprint density at radius 2 is 1.91 bits per heavy atom. The molecule has 0 bridgehead atoms. The second-order valence-electron chi connectivity index (χ2n) is 7.44. The predicted octanol–water partition coefficient (Wildman–Crippen LogP) is 2.09. The minimum atomic E-state index is -1.13. The van der Waals surface area contributed by atoms with E-state index in [2.05, 4.69) is 36.1 Å². The van der Waals surface area contributed by atoms with E-state index in [1.54, 1.807) is 12.1 Å². The van der Waals surface area contributed by atoms with Crippen LogP contribution in [0.25, 0.3) is 11.1 Å². The molecular formula is C22H21N7O5. The number of hydrogen-bond acceptors (Lipinski definition) is 9. The first-order chi connectivity index (χ1) is 16.4. The molecule has 0 aliphatic heterocycles. The number of pyridine rings is 2. The quantitative estimate of drug-likeness (QED) is 0.388. The Kier molecular flexibility index (Phi) is 6.30. The topological polar surface area (TPSA) is 168 Å². The third kappa shape index (κ3) is 4.75. The fourth-order valence-electron chi connectivity index (χ4n) is 3.19. The molecule has 1 saturated carbocycles. The average molecular weight is 463 g/mol. The van der Waals surface area contributed by atoms with Crippen LogP contribution in [0.15, 0.2) is 36.7 Å². The van der Waals surface area contributed by atoms with E-state index >= 15 is 0 Å². The van der Waals surface area contributed by atoms with Gasteiger partial charge in [-0.15, -0.1) is 10.2 Å². The predicted molar refractivity (Wildman–Crippen MR) is 121 cm³/mol. The van der Waals surface area contributed by atoms with Crippen LogP contribution in [0, 0.1) is 5.92 Å². The van der Waals surface area contributed by atoms with Crippen molar-refractivity contribution < 1.29 is 24.2 Å². The smallest absolute Gasteiger partial charge is 0.354 e. The van der Waals surface area contributed by atoms with Crippen molar-refractivity contribution in [1.29, 1.82) is 0 Å². The Bertz CT molecular complexity index is 1260. The molecule has 1 aliphatic carbocycles. The average Bonchev–Trinajstić information content (AvgIpc) is 3.69. The lowest BCUT2D eigenvalue weighted by atomic mass is 10.1. The molecule has 4 N–H and O–H groups in total. The van der Waals surface area contributed by atoms with Crippen molar-refractivity contribution in [3.05, 3.63) is 48.0 Å². The van der Waals surface area contributed by atoms with E-state index < -0.39 is 11.9 Å². The summed E-state index contributed by atoms with van der Waals surface area (Å²) in [5.41, 5.74) is 1.35. The summed E-state index contributed by atoms with van der Waals surface area (Å²) in [7, 11) is 2.92. The van der Waals surface area contributed by atoms with E-state index in [4.69, 9.17) is 9.84 Å². The molecule has 0 saturated heterocycles. The summed E-state index contributed by atoms with van der Waals surface area (Å²) in [4.78, 5) is 43.8. The van der Waals surface area contributed by atoms with Crippen LogP contribution in [-0.4, -0.2) is 57.2 Å². The number of carbonyl (C=O) groups excluding carboxylic acids is 2. The largest absolute Gasteiger partial charge is 0.492 e. The minimum Gasteiger partial charge on any atom is -0.492 e. The first kappa shape index (κ1) is 22.6. The summed E-state index contributed by atoms with van der Waals surface area (Å²) in [6.07, 6.45) is 4.60. The zero-order chi connectivity index (χ0) is 24.2.